The van der Waals surface area contributed by atoms with Crippen LogP contribution in [-0.4, -0.2) is 53.3 Å². The number of benzene rings is 3. The number of rotatable bonds is 7. The van der Waals surface area contributed by atoms with E-state index >= 15 is 0 Å². The predicted octanol–water partition coefficient (Wildman–Crippen LogP) is 8.01. The molecule has 2 aliphatic heterocycles. The van der Waals surface area contributed by atoms with Crippen molar-refractivity contribution in [3.8, 4) is 28.1 Å². The van der Waals surface area contributed by atoms with E-state index in [2.05, 4.69) is 63.3 Å². The number of carboxylic acids is 1. The first kappa shape index (κ1) is 27.1. The van der Waals surface area contributed by atoms with Crippen molar-refractivity contribution in [3.63, 3.8) is 0 Å². The summed E-state index contributed by atoms with van der Waals surface area (Å²) in [5, 5.41) is 14.7. The summed E-state index contributed by atoms with van der Waals surface area (Å²) >= 11 is 0. The van der Waals surface area contributed by atoms with Crippen LogP contribution in [-0.2, 0) is 6.54 Å². The Balaban J connectivity index is 1.33. The number of nitrogens with zero attached hydrogens (tertiary/aromatic N) is 2. The maximum absolute atomic E-state index is 11.9. The molecule has 0 bridgehead atoms. The van der Waals surface area contributed by atoms with Gasteiger partial charge in [0.2, 0.25) is 0 Å². The van der Waals surface area contributed by atoms with E-state index in [9.17, 15) is 9.90 Å². The molecule has 1 aliphatic carbocycles. The fraction of sp³-hybridized carbons (Fsp3) is 0.417. The Morgan fingerprint density at radius 1 is 0.857 bits per heavy atom. The van der Waals surface area contributed by atoms with E-state index in [1.165, 1.54) is 81.1 Å². The third kappa shape index (κ3) is 5.06. The number of hydrogen-bond donors (Lipinski definition) is 2. The molecule has 0 unspecified atom stereocenters. The summed E-state index contributed by atoms with van der Waals surface area (Å²) in [5.41, 5.74) is 8.44. The molecule has 6 heteroatoms. The molecule has 1 saturated carbocycles. The number of carbonyl (C=O) groups is 1. The maximum Gasteiger partial charge on any atom is 0.335 e. The lowest BCUT2D eigenvalue weighted by atomic mass is 9.81. The summed E-state index contributed by atoms with van der Waals surface area (Å²) in [5.74, 6) is 0.509. The number of likely N-dealkylation sites (tertiary alicyclic amines) is 1. The monoisotopic (exact) mass is 563 g/mol. The topological polar surface area (TPSA) is 66.7 Å². The molecule has 0 amide bonds. The van der Waals surface area contributed by atoms with Crippen LogP contribution in [0.15, 0.2) is 60.7 Å². The Morgan fingerprint density at radius 2 is 1.62 bits per heavy atom. The third-order valence-corrected chi connectivity index (χ3v) is 9.60. The second kappa shape index (κ2) is 11.8. The Morgan fingerprint density at radius 3 is 2.45 bits per heavy atom. The lowest BCUT2D eigenvalue weighted by Crippen LogP contribution is -2.33. The van der Waals surface area contributed by atoms with E-state index in [-0.39, 0.29) is 0 Å². The van der Waals surface area contributed by atoms with Crippen molar-refractivity contribution in [2.24, 2.45) is 0 Å². The second-order valence-electron chi connectivity index (χ2n) is 12.2. The highest BCUT2D eigenvalue weighted by molar-refractivity contribution is 6.00. The standard InChI is InChI=1S/C36H41N3O3/c40-36(41)26-16-17-29-32(24-26)39-22-23-42-35-28(13-9-14-30(35)34(39)33(29)25-10-3-1-4-11-25)27-12-5-6-15-31(27)37-18-21-38-19-7-2-8-20-38/h5-6,9,12-17,24-25,37H,1-4,7-8,10-11,18-23H2,(H,40,41). The number of aromatic nitrogens is 1. The number of nitrogens with one attached hydrogen (secondary N) is 1. The van der Waals surface area contributed by atoms with Crippen LogP contribution in [0.3, 0.4) is 0 Å². The highest BCUT2D eigenvalue weighted by Gasteiger charge is 2.30. The molecule has 4 aromatic rings. The molecular formula is C36H41N3O3. The third-order valence-electron chi connectivity index (χ3n) is 9.60. The average molecular weight is 564 g/mol. The normalized spacial score (nSPS) is 17.7. The predicted molar refractivity (Wildman–Crippen MR) is 170 cm³/mol. The number of hydrogen-bond acceptors (Lipinski definition) is 4. The van der Waals surface area contributed by atoms with Crippen molar-refractivity contribution in [1.29, 1.82) is 0 Å². The zero-order valence-corrected chi connectivity index (χ0v) is 24.4. The van der Waals surface area contributed by atoms with E-state index in [0.29, 0.717) is 24.6 Å². The van der Waals surface area contributed by atoms with Crippen molar-refractivity contribution in [2.75, 3.05) is 38.1 Å². The van der Waals surface area contributed by atoms with Gasteiger partial charge in [-0.1, -0.05) is 62.1 Å². The largest absolute Gasteiger partial charge is 0.490 e. The maximum atomic E-state index is 11.9. The van der Waals surface area contributed by atoms with Gasteiger partial charge in [-0.15, -0.1) is 0 Å². The number of ether oxygens (including phenoxy) is 1. The number of aromatic carboxylic acids is 1. The van der Waals surface area contributed by atoms with Crippen LogP contribution in [0.5, 0.6) is 5.75 Å². The number of para-hydroxylation sites is 2. The molecule has 7 rings (SSSR count). The first-order valence-electron chi connectivity index (χ1n) is 15.9. The quantitative estimate of drug-likeness (QED) is 0.238. The van der Waals surface area contributed by atoms with Gasteiger partial charge in [-0.3, -0.25) is 0 Å². The van der Waals surface area contributed by atoms with Gasteiger partial charge in [0.05, 0.1) is 17.8 Å². The minimum absolute atomic E-state index is 0.335. The number of anilines is 1. The molecule has 1 saturated heterocycles. The van der Waals surface area contributed by atoms with Gasteiger partial charge >= 0.3 is 5.97 Å². The molecule has 42 heavy (non-hydrogen) atoms. The van der Waals surface area contributed by atoms with Crippen molar-refractivity contribution in [2.45, 2.75) is 63.8 Å². The highest BCUT2D eigenvalue weighted by Crippen LogP contribution is 2.50. The van der Waals surface area contributed by atoms with Gasteiger partial charge in [0, 0.05) is 46.4 Å². The molecule has 3 aromatic carbocycles. The Kier molecular flexibility index (Phi) is 7.64. The molecule has 0 radical (unpaired) electrons. The van der Waals surface area contributed by atoms with E-state index in [1.54, 1.807) is 6.07 Å². The van der Waals surface area contributed by atoms with Gasteiger partial charge in [0.25, 0.3) is 0 Å². The molecule has 6 nitrogen and oxygen atoms in total. The smallest absolute Gasteiger partial charge is 0.335 e. The lowest BCUT2D eigenvalue weighted by Gasteiger charge is -2.26. The fourth-order valence-corrected chi connectivity index (χ4v) is 7.57. The SMILES string of the molecule is O=C(O)c1ccc2c(C3CCCCC3)c3n(c2c1)CCOc1c(-c2ccccc2NCCN2CCCCC2)cccc1-3. The van der Waals surface area contributed by atoms with Gasteiger partial charge in [0.1, 0.15) is 12.4 Å². The molecule has 0 atom stereocenters. The summed E-state index contributed by atoms with van der Waals surface area (Å²) in [7, 11) is 0. The number of fused-ring (bicyclic) bond motifs is 5. The Hall–Kier alpha value is -3.77. The van der Waals surface area contributed by atoms with Crippen LogP contribution in [0.25, 0.3) is 33.3 Å². The summed E-state index contributed by atoms with van der Waals surface area (Å²) in [6.45, 7) is 5.60. The second-order valence-corrected chi connectivity index (χ2v) is 12.2. The van der Waals surface area contributed by atoms with E-state index in [1.807, 2.05) is 6.07 Å². The van der Waals surface area contributed by atoms with Crippen molar-refractivity contribution < 1.29 is 14.6 Å². The summed E-state index contributed by atoms with van der Waals surface area (Å²) in [6.07, 6.45) is 10.1. The van der Waals surface area contributed by atoms with Gasteiger partial charge in [-0.2, -0.15) is 0 Å². The lowest BCUT2D eigenvalue weighted by molar-refractivity contribution is 0.0697. The highest BCUT2D eigenvalue weighted by atomic mass is 16.5. The van der Waals surface area contributed by atoms with Crippen molar-refractivity contribution >= 4 is 22.6 Å². The summed E-state index contributed by atoms with van der Waals surface area (Å²) < 4.78 is 8.96. The van der Waals surface area contributed by atoms with Crippen LogP contribution in [0, 0.1) is 0 Å². The summed E-state index contributed by atoms with van der Waals surface area (Å²) in [4.78, 5) is 14.5. The average Bonchev–Trinajstić information content (AvgIpc) is 3.22. The van der Waals surface area contributed by atoms with Crippen molar-refractivity contribution in [1.82, 2.24) is 9.47 Å². The van der Waals surface area contributed by atoms with E-state index in [4.69, 9.17) is 4.74 Å². The molecule has 2 N–H and O–H groups in total. The van der Waals surface area contributed by atoms with Gasteiger partial charge < -0.3 is 24.6 Å². The molecule has 0 spiro atoms. The molecule has 218 valence electrons. The van der Waals surface area contributed by atoms with Crippen LogP contribution < -0.4 is 10.1 Å². The first-order chi connectivity index (χ1) is 20.7. The van der Waals surface area contributed by atoms with Crippen LogP contribution in [0.1, 0.15) is 73.2 Å². The first-order valence-corrected chi connectivity index (χ1v) is 15.9. The van der Waals surface area contributed by atoms with Crippen LogP contribution in [0.2, 0.25) is 0 Å². The van der Waals surface area contributed by atoms with Crippen LogP contribution in [0.4, 0.5) is 5.69 Å². The molecule has 3 aliphatic rings. The van der Waals surface area contributed by atoms with Gasteiger partial charge in [-0.25, -0.2) is 4.79 Å². The van der Waals surface area contributed by atoms with E-state index in [0.717, 1.165) is 46.7 Å². The Bertz CT molecular complexity index is 1590. The van der Waals surface area contributed by atoms with Gasteiger partial charge in [0.15, 0.2) is 0 Å². The molecule has 2 fully saturated rings. The zero-order valence-electron chi connectivity index (χ0n) is 24.4. The summed E-state index contributed by atoms with van der Waals surface area (Å²) in [6, 6.07) is 20.8. The fourth-order valence-electron chi connectivity index (χ4n) is 7.57. The molecule has 1 aromatic heterocycles. The molecule has 3 heterocycles. The van der Waals surface area contributed by atoms with Crippen LogP contribution >= 0.6 is 0 Å². The van der Waals surface area contributed by atoms with Gasteiger partial charge in [-0.05, 0) is 74.5 Å². The minimum Gasteiger partial charge on any atom is -0.490 e. The number of carboxylic acid groups (broad SMARTS) is 1. The zero-order chi connectivity index (χ0) is 28.5. The molecular weight excluding hydrogens is 522 g/mol. The minimum atomic E-state index is -0.886. The Labute approximate surface area is 248 Å². The van der Waals surface area contributed by atoms with E-state index < -0.39 is 5.97 Å². The number of piperidine rings is 1. The van der Waals surface area contributed by atoms with Crippen molar-refractivity contribution in [3.05, 3.63) is 71.8 Å².